The van der Waals surface area contributed by atoms with Crippen molar-refractivity contribution in [3.8, 4) is 17.0 Å². The van der Waals surface area contributed by atoms with Crippen molar-refractivity contribution in [2.75, 3.05) is 23.9 Å². The summed E-state index contributed by atoms with van der Waals surface area (Å²) in [7, 11) is 0. The predicted molar refractivity (Wildman–Crippen MR) is 134 cm³/mol. The van der Waals surface area contributed by atoms with E-state index in [1.165, 1.54) is 0 Å². The second kappa shape index (κ2) is 11.3. The van der Waals surface area contributed by atoms with Gasteiger partial charge in [0.1, 0.15) is 11.8 Å². The van der Waals surface area contributed by atoms with Crippen molar-refractivity contribution in [2.24, 2.45) is 0 Å². The van der Waals surface area contributed by atoms with Gasteiger partial charge in [-0.05, 0) is 48.8 Å². The van der Waals surface area contributed by atoms with Gasteiger partial charge in [-0.25, -0.2) is 9.97 Å². The lowest BCUT2D eigenvalue weighted by molar-refractivity contribution is -0.127. The summed E-state index contributed by atoms with van der Waals surface area (Å²) in [6.45, 7) is -0.157. The van der Waals surface area contributed by atoms with Gasteiger partial charge >= 0.3 is 0 Å². The highest BCUT2D eigenvalue weighted by molar-refractivity contribution is 7.98. The number of ether oxygens (including phenoxy) is 1. The number of nitrogens with zero attached hydrogens (tertiary/aromatic N) is 3. The number of nitrogens with one attached hydrogen (secondary N) is 2. The summed E-state index contributed by atoms with van der Waals surface area (Å²) in [6.07, 6.45) is 7.97. The topological polar surface area (TPSA) is 97.6 Å². The minimum atomic E-state index is -0.663. The van der Waals surface area contributed by atoms with Crippen molar-refractivity contribution in [3.63, 3.8) is 0 Å². The zero-order valence-corrected chi connectivity index (χ0v) is 19.5. The van der Waals surface area contributed by atoms with E-state index in [1.807, 2.05) is 71.6 Å². The first-order valence-electron chi connectivity index (χ1n) is 10.8. The summed E-state index contributed by atoms with van der Waals surface area (Å²) in [6, 6.07) is 17.7. The van der Waals surface area contributed by atoms with E-state index >= 15 is 0 Å². The zero-order valence-electron chi connectivity index (χ0n) is 18.7. The first-order valence-corrected chi connectivity index (χ1v) is 12.2. The Hall–Kier alpha value is -3.85. The lowest BCUT2D eigenvalue weighted by atomic mass is 10.1. The second-order valence-electron chi connectivity index (χ2n) is 7.52. The van der Waals surface area contributed by atoms with Crippen LogP contribution in [0, 0.1) is 0 Å². The Balaban J connectivity index is 1.37. The maximum atomic E-state index is 12.9. The van der Waals surface area contributed by atoms with Crippen LogP contribution in [0.15, 0.2) is 79.3 Å². The van der Waals surface area contributed by atoms with Crippen LogP contribution in [0.3, 0.4) is 0 Å². The number of carbonyl (C=O) groups excluding carboxylic acids is 2. The van der Waals surface area contributed by atoms with Gasteiger partial charge in [0.05, 0.1) is 5.69 Å². The fraction of sp³-hybridized carbons (Fsp3) is 0.200. The SMILES string of the molecule is CSCCC(NC(=O)COc1ccccc1)C(=O)Nc1ccc(-c2cn3cccnc3n2)cc1. The van der Waals surface area contributed by atoms with Crippen LogP contribution in [-0.2, 0) is 9.59 Å². The molecule has 0 saturated heterocycles. The van der Waals surface area contributed by atoms with Gasteiger partial charge in [-0.2, -0.15) is 11.8 Å². The molecule has 0 bridgehead atoms. The predicted octanol–water partition coefficient (Wildman–Crippen LogP) is 3.65. The van der Waals surface area contributed by atoms with Crippen LogP contribution in [0.5, 0.6) is 5.75 Å². The Kier molecular flexibility index (Phi) is 7.77. The maximum Gasteiger partial charge on any atom is 0.258 e. The summed E-state index contributed by atoms with van der Waals surface area (Å²) in [5.74, 6) is 1.34. The van der Waals surface area contributed by atoms with Crippen LogP contribution in [0.25, 0.3) is 17.0 Å². The van der Waals surface area contributed by atoms with Crippen LogP contribution >= 0.6 is 11.8 Å². The fourth-order valence-corrected chi connectivity index (χ4v) is 3.80. The van der Waals surface area contributed by atoms with Gasteiger partial charge < -0.3 is 15.4 Å². The molecule has 2 N–H and O–H groups in total. The molecule has 2 aromatic carbocycles. The molecule has 0 saturated carbocycles. The Bertz CT molecular complexity index is 1210. The molecule has 0 aliphatic carbocycles. The summed E-state index contributed by atoms with van der Waals surface area (Å²) in [4.78, 5) is 34.0. The molecular weight excluding hydrogens is 450 g/mol. The molecule has 0 aliphatic heterocycles. The van der Waals surface area contributed by atoms with E-state index in [-0.39, 0.29) is 18.4 Å². The summed E-state index contributed by atoms with van der Waals surface area (Å²) in [5.41, 5.74) is 2.34. The maximum absolute atomic E-state index is 12.9. The number of aromatic nitrogens is 3. The Labute approximate surface area is 201 Å². The minimum Gasteiger partial charge on any atom is -0.484 e. The zero-order chi connectivity index (χ0) is 23.8. The molecule has 1 unspecified atom stereocenters. The van der Waals surface area contributed by atoms with E-state index in [0.717, 1.165) is 17.0 Å². The number of benzene rings is 2. The van der Waals surface area contributed by atoms with Gasteiger partial charge in [0.25, 0.3) is 5.91 Å². The minimum absolute atomic E-state index is 0.157. The van der Waals surface area contributed by atoms with Crippen molar-refractivity contribution in [2.45, 2.75) is 12.5 Å². The normalized spacial score (nSPS) is 11.7. The molecule has 0 fully saturated rings. The highest BCUT2D eigenvalue weighted by atomic mass is 32.2. The first kappa shape index (κ1) is 23.3. The van der Waals surface area contributed by atoms with Gasteiger partial charge in [0, 0.05) is 29.8 Å². The van der Waals surface area contributed by atoms with Crippen molar-refractivity contribution >= 4 is 35.0 Å². The van der Waals surface area contributed by atoms with E-state index in [9.17, 15) is 9.59 Å². The number of para-hydroxylation sites is 1. The molecule has 4 aromatic rings. The summed E-state index contributed by atoms with van der Waals surface area (Å²) >= 11 is 1.62. The van der Waals surface area contributed by atoms with Crippen molar-refractivity contribution in [3.05, 3.63) is 79.3 Å². The largest absolute Gasteiger partial charge is 0.484 e. The quantitative estimate of drug-likeness (QED) is 0.363. The van der Waals surface area contributed by atoms with Crippen molar-refractivity contribution in [1.29, 1.82) is 0 Å². The van der Waals surface area contributed by atoms with Crippen LogP contribution < -0.4 is 15.4 Å². The molecule has 174 valence electrons. The third-order valence-electron chi connectivity index (χ3n) is 5.06. The number of rotatable bonds is 10. The van der Waals surface area contributed by atoms with E-state index < -0.39 is 6.04 Å². The number of thioether (sulfide) groups is 1. The van der Waals surface area contributed by atoms with E-state index in [4.69, 9.17) is 4.74 Å². The number of amides is 2. The molecule has 0 spiro atoms. The highest BCUT2D eigenvalue weighted by Crippen LogP contribution is 2.21. The van der Waals surface area contributed by atoms with E-state index in [2.05, 4.69) is 20.6 Å². The number of anilines is 1. The third kappa shape index (κ3) is 6.14. The van der Waals surface area contributed by atoms with Crippen LogP contribution in [0.2, 0.25) is 0 Å². The molecule has 1 atom stereocenters. The van der Waals surface area contributed by atoms with Gasteiger partial charge in [0.2, 0.25) is 11.7 Å². The van der Waals surface area contributed by atoms with Gasteiger partial charge in [-0.1, -0.05) is 30.3 Å². The Morgan fingerprint density at radius 3 is 2.62 bits per heavy atom. The van der Waals surface area contributed by atoms with Gasteiger partial charge in [-0.15, -0.1) is 0 Å². The Morgan fingerprint density at radius 2 is 1.88 bits per heavy atom. The number of fused-ring (bicyclic) bond motifs is 1. The molecule has 4 rings (SSSR count). The van der Waals surface area contributed by atoms with Crippen molar-refractivity contribution in [1.82, 2.24) is 19.7 Å². The van der Waals surface area contributed by atoms with E-state index in [0.29, 0.717) is 23.6 Å². The molecular formula is C25H25N5O3S. The molecule has 8 nitrogen and oxygen atoms in total. The fourth-order valence-electron chi connectivity index (χ4n) is 3.33. The molecule has 0 radical (unpaired) electrons. The highest BCUT2D eigenvalue weighted by Gasteiger charge is 2.21. The lowest BCUT2D eigenvalue weighted by Gasteiger charge is -2.18. The van der Waals surface area contributed by atoms with Gasteiger partial charge in [-0.3, -0.25) is 14.0 Å². The van der Waals surface area contributed by atoms with Crippen LogP contribution in [0.1, 0.15) is 6.42 Å². The Morgan fingerprint density at radius 1 is 1.09 bits per heavy atom. The second-order valence-corrected chi connectivity index (χ2v) is 8.51. The van der Waals surface area contributed by atoms with Crippen LogP contribution in [0.4, 0.5) is 5.69 Å². The average molecular weight is 476 g/mol. The summed E-state index contributed by atoms with van der Waals surface area (Å²) < 4.78 is 7.34. The van der Waals surface area contributed by atoms with Crippen molar-refractivity contribution < 1.29 is 14.3 Å². The average Bonchev–Trinajstić information content (AvgIpc) is 3.30. The molecule has 2 aromatic heterocycles. The molecule has 34 heavy (non-hydrogen) atoms. The monoisotopic (exact) mass is 475 g/mol. The lowest BCUT2D eigenvalue weighted by Crippen LogP contribution is -2.45. The standard InChI is InChI=1S/C25H25N5O3S/c1-34-15-12-21(28-23(31)17-33-20-6-3-2-4-7-20)24(32)27-19-10-8-18(9-11-19)22-16-30-14-5-13-26-25(30)29-22/h2-11,13-14,16,21H,12,15,17H2,1H3,(H,27,32)(H,28,31). The number of hydrogen-bond acceptors (Lipinski definition) is 6. The van der Waals surface area contributed by atoms with E-state index in [1.54, 1.807) is 30.1 Å². The van der Waals surface area contributed by atoms with Gasteiger partial charge in [0.15, 0.2) is 6.61 Å². The summed E-state index contributed by atoms with van der Waals surface area (Å²) in [5, 5.41) is 5.68. The molecule has 0 aliphatic rings. The number of imidazole rings is 1. The number of hydrogen-bond donors (Lipinski definition) is 2. The first-order chi connectivity index (χ1) is 16.6. The molecule has 2 amide bonds. The molecule has 2 heterocycles. The molecule has 9 heteroatoms. The third-order valence-corrected chi connectivity index (χ3v) is 5.70. The van der Waals surface area contributed by atoms with Crippen LogP contribution in [-0.4, -0.2) is 50.8 Å². The smallest absolute Gasteiger partial charge is 0.258 e. The number of carbonyl (C=O) groups is 2.